The van der Waals surface area contributed by atoms with E-state index in [1.54, 1.807) is 0 Å². The van der Waals surface area contributed by atoms with Crippen molar-refractivity contribution in [3.8, 4) is 0 Å². The molecule has 134 valence electrons. The van der Waals surface area contributed by atoms with Gasteiger partial charge in [-0.15, -0.1) is 0 Å². The standard InChI is InChI=1S/C23H21N3O/c24-22-25-19-12-7-13-23(16-27,15-18-10-5-2-6-11-18)21(19)20(26-22)14-17-8-3-1-4-9-17/h1-12,16H,13-15H2,(H2,24,25,26). The van der Waals surface area contributed by atoms with Crippen molar-refractivity contribution in [2.24, 2.45) is 0 Å². The van der Waals surface area contributed by atoms with Gasteiger partial charge in [0.2, 0.25) is 5.95 Å². The summed E-state index contributed by atoms with van der Waals surface area (Å²) in [7, 11) is 0. The number of aldehydes is 1. The average Bonchev–Trinajstić information content (AvgIpc) is 2.69. The third-order valence-electron chi connectivity index (χ3n) is 5.09. The van der Waals surface area contributed by atoms with Gasteiger partial charge in [0.25, 0.3) is 0 Å². The number of aromatic nitrogens is 2. The maximum atomic E-state index is 12.4. The Balaban J connectivity index is 1.84. The van der Waals surface area contributed by atoms with E-state index >= 15 is 0 Å². The fraction of sp³-hybridized carbons (Fsp3) is 0.174. The van der Waals surface area contributed by atoms with Crippen LogP contribution in [0.15, 0.2) is 66.7 Å². The van der Waals surface area contributed by atoms with E-state index in [9.17, 15) is 4.79 Å². The van der Waals surface area contributed by atoms with Crippen LogP contribution in [0.25, 0.3) is 6.08 Å². The van der Waals surface area contributed by atoms with Gasteiger partial charge in [-0.1, -0.05) is 66.7 Å². The summed E-state index contributed by atoms with van der Waals surface area (Å²) in [6.07, 6.45) is 6.90. The lowest BCUT2D eigenvalue weighted by atomic mass is 9.70. The number of carbonyl (C=O) groups is 1. The number of rotatable bonds is 5. The Morgan fingerprint density at radius 3 is 2.30 bits per heavy atom. The van der Waals surface area contributed by atoms with Gasteiger partial charge in [0, 0.05) is 12.0 Å². The predicted molar refractivity (Wildman–Crippen MR) is 107 cm³/mol. The molecule has 0 aliphatic heterocycles. The molecule has 4 nitrogen and oxygen atoms in total. The summed E-state index contributed by atoms with van der Waals surface area (Å²) in [5.74, 6) is 0.241. The molecule has 1 aliphatic rings. The predicted octanol–water partition coefficient (Wildman–Crippen LogP) is 3.75. The molecule has 0 saturated heterocycles. The van der Waals surface area contributed by atoms with Gasteiger partial charge in [0.05, 0.1) is 16.8 Å². The number of benzene rings is 2. The number of carbonyl (C=O) groups excluding carboxylic acids is 1. The van der Waals surface area contributed by atoms with Crippen LogP contribution in [0.1, 0.15) is 34.5 Å². The summed E-state index contributed by atoms with van der Waals surface area (Å²) in [6.45, 7) is 0. The van der Waals surface area contributed by atoms with Crippen LogP contribution in [0, 0.1) is 0 Å². The van der Waals surface area contributed by atoms with Crippen LogP contribution in [0.3, 0.4) is 0 Å². The van der Waals surface area contributed by atoms with Gasteiger partial charge < -0.3 is 10.5 Å². The third kappa shape index (κ3) is 3.38. The zero-order valence-electron chi connectivity index (χ0n) is 15.0. The van der Waals surface area contributed by atoms with E-state index in [0.717, 1.165) is 34.4 Å². The smallest absolute Gasteiger partial charge is 0.220 e. The van der Waals surface area contributed by atoms with E-state index in [0.29, 0.717) is 19.3 Å². The topological polar surface area (TPSA) is 68.9 Å². The van der Waals surface area contributed by atoms with Gasteiger partial charge in [-0.3, -0.25) is 0 Å². The van der Waals surface area contributed by atoms with Crippen LogP contribution in [-0.4, -0.2) is 16.3 Å². The molecule has 0 saturated carbocycles. The van der Waals surface area contributed by atoms with E-state index in [1.807, 2.05) is 48.6 Å². The minimum absolute atomic E-state index is 0.241. The van der Waals surface area contributed by atoms with Crippen molar-refractivity contribution in [1.82, 2.24) is 9.97 Å². The van der Waals surface area contributed by atoms with Gasteiger partial charge in [-0.25, -0.2) is 9.97 Å². The summed E-state index contributed by atoms with van der Waals surface area (Å²) in [4.78, 5) is 21.4. The van der Waals surface area contributed by atoms with Crippen molar-refractivity contribution in [2.45, 2.75) is 24.7 Å². The van der Waals surface area contributed by atoms with Crippen molar-refractivity contribution >= 4 is 18.3 Å². The molecular weight excluding hydrogens is 334 g/mol. The van der Waals surface area contributed by atoms with Crippen molar-refractivity contribution in [2.75, 3.05) is 5.73 Å². The fourth-order valence-corrected chi connectivity index (χ4v) is 3.88. The molecule has 4 heteroatoms. The second-order valence-electron chi connectivity index (χ2n) is 6.99. The Kier molecular flexibility index (Phi) is 4.55. The second-order valence-corrected chi connectivity index (χ2v) is 6.99. The Labute approximate surface area is 158 Å². The maximum Gasteiger partial charge on any atom is 0.220 e. The van der Waals surface area contributed by atoms with E-state index in [4.69, 9.17) is 5.73 Å². The molecule has 0 spiro atoms. The van der Waals surface area contributed by atoms with E-state index in [2.05, 4.69) is 34.2 Å². The number of hydrogen-bond acceptors (Lipinski definition) is 4. The lowest BCUT2D eigenvalue weighted by molar-refractivity contribution is -0.112. The van der Waals surface area contributed by atoms with Crippen LogP contribution >= 0.6 is 0 Å². The first kappa shape index (κ1) is 17.2. The summed E-state index contributed by atoms with van der Waals surface area (Å²) < 4.78 is 0. The van der Waals surface area contributed by atoms with Crippen molar-refractivity contribution in [3.05, 3.63) is 94.8 Å². The molecule has 1 atom stereocenters. The van der Waals surface area contributed by atoms with Crippen molar-refractivity contribution < 1.29 is 4.79 Å². The van der Waals surface area contributed by atoms with Gasteiger partial charge in [-0.05, 0) is 30.0 Å². The first-order valence-corrected chi connectivity index (χ1v) is 9.08. The van der Waals surface area contributed by atoms with Crippen LogP contribution in [0.5, 0.6) is 0 Å². The molecule has 27 heavy (non-hydrogen) atoms. The highest BCUT2D eigenvalue weighted by molar-refractivity contribution is 5.76. The molecule has 1 heterocycles. The molecule has 0 radical (unpaired) electrons. The number of hydrogen-bond donors (Lipinski definition) is 1. The zero-order chi connectivity index (χ0) is 18.7. The van der Waals surface area contributed by atoms with E-state index < -0.39 is 5.41 Å². The van der Waals surface area contributed by atoms with Crippen LogP contribution in [0.2, 0.25) is 0 Å². The van der Waals surface area contributed by atoms with E-state index in [-0.39, 0.29) is 5.95 Å². The normalized spacial score (nSPS) is 18.1. The number of allylic oxidation sites excluding steroid dienone is 1. The fourth-order valence-electron chi connectivity index (χ4n) is 3.88. The molecule has 1 unspecified atom stereocenters. The monoisotopic (exact) mass is 355 g/mol. The summed E-state index contributed by atoms with van der Waals surface area (Å²) in [6, 6.07) is 20.2. The molecule has 2 aromatic carbocycles. The molecule has 0 bridgehead atoms. The highest BCUT2D eigenvalue weighted by Gasteiger charge is 2.38. The third-order valence-corrected chi connectivity index (χ3v) is 5.09. The second kappa shape index (κ2) is 7.16. The lowest BCUT2D eigenvalue weighted by Crippen LogP contribution is -2.35. The zero-order valence-corrected chi connectivity index (χ0v) is 15.0. The van der Waals surface area contributed by atoms with Gasteiger partial charge in [-0.2, -0.15) is 0 Å². The average molecular weight is 355 g/mol. The largest absolute Gasteiger partial charge is 0.368 e. The highest BCUT2D eigenvalue weighted by Crippen LogP contribution is 2.39. The number of nitrogens with zero attached hydrogens (tertiary/aromatic N) is 2. The van der Waals surface area contributed by atoms with Gasteiger partial charge >= 0.3 is 0 Å². The molecular formula is C23H21N3O. The Morgan fingerprint density at radius 2 is 1.63 bits per heavy atom. The van der Waals surface area contributed by atoms with E-state index in [1.165, 1.54) is 0 Å². The number of anilines is 1. The Hall–Kier alpha value is -3.27. The molecule has 4 rings (SSSR count). The number of fused-ring (bicyclic) bond motifs is 1. The Bertz CT molecular complexity index is 983. The van der Waals surface area contributed by atoms with Gasteiger partial charge in [0.15, 0.2) is 0 Å². The van der Waals surface area contributed by atoms with Crippen LogP contribution in [-0.2, 0) is 23.1 Å². The lowest BCUT2D eigenvalue weighted by Gasteiger charge is -2.33. The maximum absolute atomic E-state index is 12.4. The highest BCUT2D eigenvalue weighted by atomic mass is 16.1. The van der Waals surface area contributed by atoms with Crippen LogP contribution in [0.4, 0.5) is 5.95 Å². The number of nitrogens with two attached hydrogens (primary N) is 1. The minimum atomic E-state index is -0.677. The minimum Gasteiger partial charge on any atom is -0.368 e. The molecule has 2 N–H and O–H groups in total. The molecule has 0 amide bonds. The molecule has 1 aliphatic carbocycles. The Morgan fingerprint density at radius 1 is 0.963 bits per heavy atom. The number of nitrogen functional groups attached to an aromatic ring is 1. The van der Waals surface area contributed by atoms with Crippen LogP contribution < -0.4 is 5.73 Å². The summed E-state index contributed by atoms with van der Waals surface area (Å²) in [5, 5.41) is 0. The first-order valence-electron chi connectivity index (χ1n) is 9.08. The quantitative estimate of drug-likeness (QED) is 0.708. The summed E-state index contributed by atoms with van der Waals surface area (Å²) in [5.41, 5.74) is 10.0. The van der Waals surface area contributed by atoms with Gasteiger partial charge in [0.1, 0.15) is 6.29 Å². The van der Waals surface area contributed by atoms with Crippen molar-refractivity contribution in [1.29, 1.82) is 0 Å². The molecule has 3 aromatic rings. The summed E-state index contributed by atoms with van der Waals surface area (Å²) >= 11 is 0. The molecule has 0 fully saturated rings. The molecule has 1 aromatic heterocycles. The SMILES string of the molecule is Nc1nc2c(c(Cc3ccccc3)n1)C(C=O)(Cc1ccccc1)CC=C2. The van der Waals surface area contributed by atoms with Crippen molar-refractivity contribution in [3.63, 3.8) is 0 Å². The first-order chi connectivity index (χ1) is 13.2.